The molecule has 0 radical (unpaired) electrons. The zero-order chi connectivity index (χ0) is 13.5. The monoisotopic (exact) mass is 230 g/mol. The van der Waals surface area contributed by atoms with Gasteiger partial charge in [-0.05, 0) is 20.8 Å². The van der Waals surface area contributed by atoms with Gasteiger partial charge in [0.2, 0.25) is 0 Å². The summed E-state index contributed by atoms with van der Waals surface area (Å²) in [6.45, 7) is 13.8. The minimum absolute atomic E-state index is 1.31. The molecule has 0 saturated heterocycles. The Morgan fingerprint density at radius 2 is 1.53 bits per heavy atom. The van der Waals surface area contributed by atoms with Crippen LogP contribution in [0.1, 0.15) is 33.3 Å². The van der Waals surface area contributed by atoms with E-state index in [0.717, 1.165) is 0 Å². The highest BCUT2D eigenvalue weighted by molar-refractivity contribution is 5.12. The van der Waals surface area contributed by atoms with E-state index in [4.69, 9.17) is 0 Å². The largest absolute Gasteiger partial charge is 0.0991 e. The lowest BCUT2D eigenvalue weighted by atomic mass is 10.2. The first-order chi connectivity index (χ1) is 8.16. The van der Waals surface area contributed by atoms with Gasteiger partial charge in [-0.1, -0.05) is 86.2 Å². The zero-order valence-corrected chi connectivity index (χ0v) is 11.9. The molecule has 0 heterocycles. The number of benzene rings is 1. The molecule has 0 saturated carbocycles. The fourth-order valence-electron chi connectivity index (χ4n) is 0.861. The van der Waals surface area contributed by atoms with E-state index in [9.17, 15) is 0 Å². The molecule has 0 unspecified atom stereocenters. The zero-order valence-electron chi connectivity index (χ0n) is 11.9. The van der Waals surface area contributed by atoms with Crippen LogP contribution in [-0.4, -0.2) is 0 Å². The lowest BCUT2D eigenvalue weighted by Crippen LogP contribution is -1.62. The van der Waals surface area contributed by atoms with Gasteiger partial charge in [0.1, 0.15) is 0 Å². The molecule has 17 heavy (non-hydrogen) atoms. The van der Waals surface area contributed by atoms with Gasteiger partial charge in [0, 0.05) is 0 Å². The van der Waals surface area contributed by atoms with Crippen molar-refractivity contribution in [3.05, 3.63) is 72.4 Å². The topological polar surface area (TPSA) is 0 Å². The normalized spacial score (nSPS) is 8.29. The van der Waals surface area contributed by atoms with Crippen molar-refractivity contribution in [2.75, 3.05) is 0 Å². The van der Waals surface area contributed by atoms with Gasteiger partial charge < -0.3 is 0 Å². The molecule has 0 heteroatoms. The third-order valence-corrected chi connectivity index (χ3v) is 1.62. The van der Waals surface area contributed by atoms with Crippen LogP contribution in [0.5, 0.6) is 0 Å². The van der Waals surface area contributed by atoms with E-state index in [1.807, 2.05) is 50.3 Å². The number of hydrogen-bond donors (Lipinski definition) is 0. The summed E-state index contributed by atoms with van der Waals surface area (Å²) in [6.07, 6.45) is 7.69. The fraction of sp³-hybridized carbons (Fsp3) is 0.294. The van der Waals surface area contributed by atoms with E-state index in [-0.39, 0.29) is 0 Å². The Hall–Kier alpha value is -1.56. The molecule has 1 aromatic rings. The van der Waals surface area contributed by atoms with Gasteiger partial charge in [0.15, 0.2) is 0 Å². The smallest absolute Gasteiger partial charge is 0.0398 e. The Bertz CT molecular complexity index is 311. The standard InChI is InChI=1S/C8H12.C7H8.C2H6/c1-4-5-6-7-8(2)3;1-7-5-3-2-4-6-7;1-2/h4-7H,1H2,2-3H3;2-6H,1H3;1-2H3/b6-5-;;. The highest BCUT2D eigenvalue weighted by Crippen LogP contribution is 1.92. The highest BCUT2D eigenvalue weighted by Gasteiger charge is 1.72. The Balaban J connectivity index is 0. The highest BCUT2D eigenvalue weighted by atomic mass is 13.8. The summed E-state index contributed by atoms with van der Waals surface area (Å²) in [7, 11) is 0. The summed E-state index contributed by atoms with van der Waals surface area (Å²) < 4.78 is 0. The maximum atomic E-state index is 3.54. The van der Waals surface area contributed by atoms with Crippen LogP contribution in [0.3, 0.4) is 0 Å². The van der Waals surface area contributed by atoms with Gasteiger partial charge in [0.25, 0.3) is 0 Å². The first kappa shape index (κ1) is 17.8. The van der Waals surface area contributed by atoms with Crippen molar-refractivity contribution in [3.8, 4) is 0 Å². The van der Waals surface area contributed by atoms with Crippen LogP contribution in [0, 0.1) is 6.92 Å². The van der Waals surface area contributed by atoms with Gasteiger partial charge in [-0.3, -0.25) is 0 Å². The molecule has 0 atom stereocenters. The lowest BCUT2D eigenvalue weighted by Gasteiger charge is -1.82. The molecule has 1 aromatic carbocycles. The molecular weight excluding hydrogens is 204 g/mol. The molecule has 0 spiro atoms. The maximum Gasteiger partial charge on any atom is -0.0398 e. The van der Waals surface area contributed by atoms with Crippen molar-refractivity contribution in [1.29, 1.82) is 0 Å². The molecular formula is C17H26. The quantitative estimate of drug-likeness (QED) is 0.570. The van der Waals surface area contributed by atoms with Crippen molar-refractivity contribution < 1.29 is 0 Å². The molecule has 94 valence electrons. The van der Waals surface area contributed by atoms with Crippen LogP contribution in [0.4, 0.5) is 0 Å². The minimum atomic E-state index is 1.31. The molecule has 0 aliphatic carbocycles. The predicted molar refractivity (Wildman–Crippen MR) is 81.3 cm³/mol. The number of allylic oxidation sites excluding steroid dienone is 5. The third kappa shape index (κ3) is 17.1. The summed E-state index contributed by atoms with van der Waals surface area (Å²) >= 11 is 0. The second-order valence-corrected chi connectivity index (χ2v) is 3.52. The van der Waals surface area contributed by atoms with Crippen molar-refractivity contribution in [2.45, 2.75) is 34.6 Å². The Labute approximate surface area is 107 Å². The molecule has 0 fully saturated rings. The van der Waals surface area contributed by atoms with E-state index in [0.29, 0.717) is 0 Å². The van der Waals surface area contributed by atoms with E-state index in [1.165, 1.54) is 11.1 Å². The van der Waals surface area contributed by atoms with Crippen molar-refractivity contribution in [3.63, 3.8) is 0 Å². The van der Waals surface area contributed by atoms with Crippen LogP contribution in [0.15, 0.2) is 66.8 Å². The lowest BCUT2D eigenvalue weighted by molar-refractivity contribution is 1.39. The first-order valence-corrected chi connectivity index (χ1v) is 6.11. The van der Waals surface area contributed by atoms with Crippen molar-refractivity contribution in [2.24, 2.45) is 0 Å². The first-order valence-electron chi connectivity index (χ1n) is 6.11. The van der Waals surface area contributed by atoms with Gasteiger partial charge >= 0.3 is 0 Å². The maximum absolute atomic E-state index is 3.54. The predicted octanol–water partition coefficient (Wildman–Crippen LogP) is 5.72. The van der Waals surface area contributed by atoms with E-state index < -0.39 is 0 Å². The summed E-state index contributed by atoms with van der Waals surface area (Å²) in [5, 5.41) is 0. The van der Waals surface area contributed by atoms with Crippen LogP contribution >= 0.6 is 0 Å². The molecule has 0 bridgehead atoms. The minimum Gasteiger partial charge on any atom is -0.0991 e. The van der Waals surface area contributed by atoms with Crippen molar-refractivity contribution in [1.82, 2.24) is 0 Å². The average molecular weight is 230 g/mol. The van der Waals surface area contributed by atoms with Gasteiger partial charge in [-0.25, -0.2) is 0 Å². The molecule has 0 aliphatic rings. The molecule has 0 N–H and O–H groups in total. The van der Waals surface area contributed by atoms with E-state index in [2.05, 4.69) is 39.5 Å². The Morgan fingerprint density at radius 3 is 1.82 bits per heavy atom. The molecule has 0 nitrogen and oxygen atoms in total. The van der Waals surface area contributed by atoms with E-state index in [1.54, 1.807) is 6.08 Å². The molecule has 0 aliphatic heterocycles. The van der Waals surface area contributed by atoms with E-state index >= 15 is 0 Å². The van der Waals surface area contributed by atoms with Gasteiger partial charge in [0.05, 0.1) is 0 Å². The number of rotatable bonds is 2. The van der Waals surface area contributed by atoms with Crippen LogP contribution in [0.25, 0.3) is 0 Å². The molecule has 0 aromatic heterocycles. The third-order valence-electron chi connectivity index (χ3n) is 1.62. The van der Waals surface area contributed by atoms with Crippen LogP contribution in [-0.2, 0) is 0 Å². The second kappa shape index (κ2) is 14.4. The summed E-state index contributed by atoms with van der Waals surface area (Å²) in [6, 6.07) is 10.3. The summed E-state index contributed by atoms with van der Waals surface area (Å²) in [4.78, 5) is 0. The fourth-order valence-corrected chi connectivity index (χ4v) is 0.861. The summed E-state index contributed by atoms with van der Waals surface area (Å²) in [5.74, 6) is 0. The van der Waals surface area contributed by atoms with Gasteiger partial charge in [-0.15, -0.1) is 0 Å². The Kier molecular flexibility index (Phi) is 15.1. The summed E-state index contributed by atoms with van der Waals surface area (Å²) in [5.41, 5.74) is 2.63. The SMILES string of the molecule is C=C/C=C\C=C(C)C.CC.Cc1ccccc1. The number of hydrogen-bond acceptors (Lipinski definition) is 0. The molecule has 1 rings (SSSR count). The average Bonchev–Trinajstić information content (AvgIpc) is 2.33. The number of aryl methyl sites for hydroxylation is 1. The Morgan fingerprint density at radius 1 is 1.00 bits per heavy atom. The van der Waals surface area contributed by atoms with Crippen LogP contribution < -0.4 is 0 Å². The second-order valence-electron chi connectivity index (χ2n) is 3.52. The van der Waals surface area contributed by atoms with Gasteiger partial charge in [-0.2, -0.15) is 0 Å². The molecule has 0 amide bonds. The van der Waals surface area contributed by atoms with Crippen molar-refractivity contribution >= 4 is 0 Å². The van der Waals surface area contributed by atoms with Crippen LogP contribution in [0.2, 0.25) is 0 Å².